The van der Waals surface area contributed by atoms with E-state index in [-0.39, 0.29) is 5.56 Å². The number of hydrogen-bond donors (Lipinski definition) is 3. The van der Waals surface area contributed by atoms with Crippen LogP contribution in [0.5, 0.6) is 0 Å². The SMILES string of the molecule is CCC(OC(=O)c1cccc(N)c1)C(=O)Nc1ccc(C(N)=O)cc1. The maximum atomic E-state index is 12.3. The highest BCUT2D eigenvalue weighted by molar-refractivity contribution is 5.98. The maximum Gasteiger partial charge on any atom is 0.338 e. The van der Waals surface area contributed by atoms with Crippen molar-refractivity contribution in [2.75, 3.05) is 11.1 Å². The number of primary amides is 1. The van der Waals surface area contributed by atoms with Crippen molar-refractivity contribution in [2.45, 2.75) is 19.4 Å². The molecule has 0 aliphatic heterocycles. The summed E-state index contributed by atoms with van der Waals surface area (Å²) in [5.41, 5.74) is 12.3. The van der Waals surface area contributed by atoms with E-state index in [9.17, 15) is 14.4 Å². The zero-order valence-electron chi connectivity index (χ0n) is 13.7. The smallest absolute Gasteiger partial charge is 0.338 e. The number of carbonyl (C=O) groups is 3. The lowest BCUT2D eigenvalue weighted by molar-refractivity contribution is -0.124. The van der Waals surface area contributed by atoms with Crippen LogP contribution in [-0.2, 0) is 9.53 Å². The molecular weight excluding hydrogens is 322 g/mol. The van der Waals surface area contributed by atoms with Crippen molar-refractivity contribution < 1.29 is 19.1 Å². The van der Waals surface area contributed by atoms with Crippen LogP contribution in [0.25, 0.3) is 0 Å². The fourth-order valence-electron chi connectivity index (χ4n) is 2.13. The van der Waals surface area contributed by atoms with Crippen molar-refractivity contribution >= 4 is 29.2 Å². The van der Waals surface area contributed by atoms with Gasteiger partial charge in [-0.15, -0.1) is 0 Å². The van der Waals surface area contributed by atoms with E-state index in [1.165, 1.54) is 18.2 Å². The zero-order chi connectivity index (χ0) is 18.4. The van der Waals surface area contributed by atoms with E-state index < -0.39 is 23.9 Å². The Kier molecular flexibility index (Phi) is 5.73. The second kappa shape index (κ2) is 7.96. The Bertz CT molecular complexity index is 787. The lowest BCUT2D eigenvalue weighted by atomic mass is 10.2. The number of carbonyl (C=O) groups excluding carboxylic acids is 3. The molecule has 7 heteroatoms. The summed E-state index contributed by atoms with van der Waals surface area (Å²) in [6.07, 6.45) is -0.649. The lowest BCUT2D eigenvalue weighted by Crippen LogP contribution is -2.32. The Hall–Kier alpha value is -3.35. The molecule has 0 saturated heterocycles. The summed E-state index contributed by atoms with van der Waals surface area (Å²) in [6, 6.07) is 12.4. The number of amides is 2. The van der Waals surface area contributed by atoms with E-state index in [1.54, 1.807) is 37.3 Å². The fourth-order valence-corrected chi connectivity index (χ4v) is 2.13. The topological polar surface area (TPSA) is 125 Å². The summed E-state index contributed by atoms with van der Waals surface area (Å²) in [5.74, 6) is -1.65. The van der Waals surface area contributed by atoms with Crippen LogP contribution in [-0.4, -0.2) is 23.9 Å². The van der Waals surface area contributed by atoms with Crippen molar-refractivity contribution in [1.82, 2.24) is 0 Å². The first-order valence-corrected chi connectivity index (χ1v) is 7.68. The summed E-state index contributed by atoms with van der Waals surface area (Å²) >= 11 is 0. The zero-order valence-corrected chi connectivity index (χ0v) is 13.7. The fraction of sp³-hybridized carbons (Fsp3) is 0.167. The minimum Gasteiger partial charge on any atom is -0.449 e. The van der Waals surface area contributed by atoms with Gasteiger partial charge in [-0.2, -0.15) is 0 Å². The highest BCUT2D eigenvalue weighted by Gasteiger charge is 2.22. The maximum absolute atomic E-state index is 12.3. The molecule has 2 rings (SSSR count). The van der Waals surface area contributed by atoms with Crippen molar-refractivity contribution in [3.8, 4) is 0 Å². The highest BCUT2D eigenvalue weighted by Crippen LogP contribution is 2.13. The highest BCUT2D eigenvalue weighted by atomic mass is 16.5. The quantitative estimate of drug-likeness (QED) is 0.547. The number of hydrogen-bond acceptors (Lipinski definition) is 5. The van der Waals surface area contributed by atoms with Gasteiger partial charge in [0.2, 0.25) is 5.91 Å². The molecule has 0 aliphatic rings. The number of rotatable bonds is 6. The molecule has 2 aromatic rings. The van der Waals surface area contributed by atoms with Gasteiger partial charge in [-0.25, -0.2) is 4.79 Å². The number of anilines is 2. The van der Waals surface area contributed by atoms with Crippen LogP contribution in [0, 0.1) is 0 Å². The number of ether oxygens (including phenoxy) is 1. The van der Waals surface area contributed by atoms with Crippen LogP contribution < -0.4 is 16.8 Å². The summed E-state index contributed by atoms with van der Waals surface area (Å²) in [4.78, 5) is 35.5. The molecule has 1 unspecified atom stereocenters. The van der Waals surface area contributed by atoms with Crippen molar-refractivity contribution in [2.24, 2.45) is 5.73 Å². The normalized spacial score (nSPS) is 11.4. The Balaban J connectivity index is 2.02. The molecule has 0 heterocycles. The van der Waals surface area contributed by atoms with E-state index in [4.69, 9.17) is 16.2 Å². The van der Waals surface area contributed by atoms with Gasteiger partial charge in [0.25, 0.3) is 5.91 Å². The third-order valence-corrected chi connectivity index (χ3v) is 3.47. The van der Waals surface area contributed by atoms with E-state index >= 15 is 0 Å². The first-order valence-electron chi connectivity index (χ1n) is 7.68. The first-order chi connectivity index (χ1) is 11.9. The van der Waals surface area contributed by atoms with Gasteiger partial charge < -0.3 is 21.5 Å². The monoisotopic (exact) mass is 341 g/mol. The van der Waals surface area contributed by atoms with Crippen LogP contribution in [0.2, 0.25) is 0 Å². The van der Waals surface area contributed by atoms with Crippen LogP contribution in [0.15, 0.2) is 48.5 Å². The van der Waals surface area contributed by atoms with Crippen molar-refractivity contribution in [3.05, 3.63) is 59.7 Å². The molecule has 0 radical (unpaired) electrons. The Labute approximate surface area is 145 Å². The van der Waals surface area contributed by atoms with Gasteiger partial charge in [0.05, 0.1) is 5.56 Å². The van der Waals surface area contributed by atoms with Crippen molar-refractivity contribution in [1.29, 1.82) is 0 Å². The molecule has 5 N–H and O–H groups in total. The standard InChI is InChI=1S/C18H19N3O4/c1-2-15(25-18(24)12-4-3-5-13(19)10-12)17(23)21-14-8-6-11(7-9-14)16(20)22/h3-10,15H,2,19H2,1H3,(H2,20,22)(H,21,23). The molecule has 1 atom stereocenters. The van der Waals surface area contributed by atoms with Crippen LogP contribution in [0.4, 0.5) is 11.4 Å². The Morgan fingerprint density at radius 3 is 2.32 bits per heavy atom. The number of nitrogen functional groups attached to an aromatic ring is 1. The molecule has 0 aromatic heterocycles. The average Bonchev–Trinajstić information content (AvgIpc) is 2.59. The summed E-state index contributed by atoms with van der Waals surface area (Å²) in [6.45, 7) is 1.73. The number of nitrogens with two attached hydrogens (primary N) is 2. The minimum absolute atomic E-state index is 0.275. The van der Waals surface area contributed by atoms with E-state index in [0.29, 0.717) is 23.4 Å². The van der Waals surface area contributed by atoms with Crippen LogP contribution in [0.1, 0.15) is 34.1 Å². The predicted molar refractivity (Wildman–Crippen MR) is 93.9 cm³/mol. The van der Waals surface area contributed by atoms with Gasteiger partial charge in [0.1, 0.15) is 0 Å². The molecule has 7 nitrogen and oxygen atoms in total. The Morgan fingerprint density at radius 1 is 1.08 bits per heavy atom. The third kappa shape index (κ3) is 4.81. The predicted octanol–water partition coefficient (Wildman–Crippen LogP) is 1.94. The number of esters is 1. The second-order valence-electron chi connectivity index (χ2n) is 5.36. The molecule has 130 valence electrons. The lowest BCUT2D eigenvalue weighted by Gasteiger charge is -2.16. The van der Waals surface area contributed by atoms with Gasteiger partial charge >= 0.3 is 5.97 Å². The first kappa shape index (κ1) is 18.0. The molecule has 0 saturated carbocycles. The average molecular weight is 341 g/mol. The van der Waals surface area contributed by atoms with Gasteiger partial charge in [-0.3, -0.25) is 9.59 Å². The van der Waals surface area contributed by atoms with Gasteiger partial charge in [0.15, 0.2) is 6.10 Å². The molecule has 0 bridgehead atoms. The van der Waals surface area contributed by atoms with E-state index in [0.717, 1.165) is 0 Å². The molecular formula is C18H19N3O4. The van der Waals surface area contributed by atoms with Crippen LogP contribution >= 0.6 is 0 Å². The van der Waals surface area contributed by atoms with E-state index in [1.807, 2.05) is 0 Å². The summed E-state index contributed by atoms with van der Waals surface area (Å²) in [5, 5.41) is 2.63. The molecule has 0 aliphatic carbocycles. The summed E-state index contributed by atoms with van der Waals surface area (Å²) < 4.78 is 5.26. The summed E-state index contributed by atoms with van der Waals surface area (Å²) in [7, 11) is 0. The van der Waals surface area contributed by atoms with Gasteiger partial charge in [0, 0.05) is 16.9 Å². The van der Waals surface area contributed by atoms with Gasteiger partial charge in [-0.1, -0.05) is 13.0 Å². The molecule has 0 spiro atoms. The second-order valence-corrected chi connectivity index (χ2v) is 5.36. The molecule has 2 amide bonds. The minimum atomic E-state index is -0.954. The van der Waals surface area contributed by atoms with E-state index in [2.05, 4.69) is 5.32 Å². The molecule has 2 aromatic carbocycles. The Morgan fingerprint density at radius 2 is 1.76 bits per heavy atom. The number of nitrogens with one attached hydrogen (secondary N) is 1. The van der Waals surface area contributed by atoms with Crippen molar-refractivity contribution in [3.63, 3.8) is 0 Å². The molecule has 25 heavy (non-hydrogen) atoms. The largest absolute Gasteiger partial charge is 0.449 e. The third-order valence-electron chi connectivity index (χ3n) is 3.47. The van der Waals surface area contributed by atoms with Gasteiger partial charge in [-0.05, 0) is 48.9 Å². The number of benzene rings is 2. The molecule has 0 fully saturated rings. The van der Waals surface area contributed by atoms with Crippen LogP contribution in [0.3, 0.4) is 0 Å².